The number of aromatic nitrogens is 9. The smallest absolute Gasteiger partial charge is 0.164 e. The highest BCUT2D eigenvalue weighted by molar-refractivity contribution is 6.08. The van der Waals surface area contributed by atoms with E-state index in [1.807, 2.05) is 109 Å². The van der Waals surface area contributed by atoms with E-state index in [0.29, 0.717) is 52.4 Å². The van der Waals surface area contributed by atoms with E-state index in [1.54, 1.807) is 0 Å². The van der Waals surface area contributed by atoms with Crippen molar-refractivity contribution >= 4 is 65.8 Å². The molecule has 0 unspecified atom stereocenters. The van der Waals surface area contributed by atoms with Gasteiger partial charge in [-0.2, -0.15) is 0 Å². The quantitative estimate of drug-likeness (QED) is 0.0803. The molecule has 0 aliphatic rings. The van der Waals surface area contributed by atoms with Gasteiger partial charge >= 0.3 is 0 Å². The van der Waals surface area contributed by atoms with Gasteiger partial charge in [0.2, 0.25) is 0 Å². The molecule has 12 heteroatoms. The van der Waals surface area contributed by atoms with Crippen LogP contribution in [0.3, 0.4) is 0 Å². The minimum atomic E-state index is 0.589. The van der Waals surface area contributed by atoms with Gasteiger partial charge in [-0.25, -0.2) is 44.9 Å². The molecule has 0 saturated carbocycles. The molecule has 6 heterocycles. The molecule has 0 saturated heterocycles. The van der Waals surface area contributed by atoms with Crippen LogP contribution in [0.25, 0.3) is 268 Å². The highest BCUT2D eigenvalue weighted by Crippen LogP contribution is 2.42. The first-order valence-electron chi connectivity index (χ1n) is 49.1. The highest BCUT2D eigenvalue weighted by Gasteiger charge is 2.23. The predicted molar refractivity (Wildman–Crippen MR) is 599 cm³/mol. The summed E-state index contributed by atoms with van der Waals surface area (Å²) in [6.07, 6.45) is 0. The lowest BCUT2D eigenvalue weighted by atomic mass is 9.98. The van der Waals surface area contributed by atoms with Crippen LogP contribution in [-0.2, 0) is 0 Å². The van der Waals surface area contributed by atoms with E-state index in [9.17, 15) is 0 Å². The molecule has 0 fully saturated rings. The Bertz CT molecular complexity index is 9480. The van der Waals surface area contributed by atoms with E-state index < -0.39 is 0 Å². The van der Waals surface area contributed by atoms with Crippen molar-refractivity contribution in [1.82, 2.24) is 44.9 Å². The maximum atomic E-state index is 6.23. The van der Waals surface area contributed by atoms with Gasteiger partial charge in [-0.1, -0.05) is 449 Å². The van der Waals surface area contributed by atoms with E-state index in [0.717, 1.165) is 166 Å². The number of hydrogen-bond donors (Lipinski definition) is 0. The third-order valence-corrected chi connectivity index (χ3v) is 26.9. The Kier molecular flexibility index (Phi) is 23.8. The monoisotopic (exact) mass is 1880 g/mol. The van der Waals surface area contributed by atoms with Crippen LogP contribution < -0.4 is 0 Å². The van der Waals surface area contributed by atoms with Gasteiger partial charge in [-0.3, -0.25) is 0 Å². The summed E-state index contributed by atoms with van der Waals surface area (Å²) in [7, 11) is 0. The number of fused-ring (bicyclic) bond motifs is 9. The first kappa shape index (κ1) is 88.5. The summed E-state index contributed by atoms with van der Waals surface area (Å²) in [6.45, 7) is 0. The zero-order valence-electron chi connectivity index (χ0n) is 79.5. The molecule has 0 amide bonds. The molecular formula is C135H87N9O3. The van der Waals surface area contributed by atoms with Crippen molar-refractivity contribution < 1.29 is 13.3 Å². The van der Waals surface area contributed by atoms with Crippen LogP contribution in [0.4, 0.5) is 0 Å². The zero-order valence-corrected chi connectivity index (χ0v) is 79.5. The van der Waals surface area contributed by atoms with Gasteiger partial charge in [0, 0.05) is 82.4 Å². The van der Waals surface area contributed by atoms with E-state index in [1.165, 1.54) is 50.1 Å². The fourth-order valence-electron chi connectivity index (χ4n) is 19.2. The topological polar surface area (TPSA) is 155 Å². The first-order chi connectivity index (χ1) is 72.7. The normalized spacial score (nSPS) is 11.3. The Balaban J connectivity index is 0.000000115. The number of para-hydroxylation sites is 3. The average Bonchev–Trinajstić information content (AvgIpc) is 1.63. The lowest BCUT2D eigenvalue weighted by molar-refractivity contribution is 0.668. The summed E-state index contributed by atoms with van der Waals surface area (Å²) >= 11 is 0. The SMILES string of the molecule is c1ccc(-c2ccc(-c3cccc(-c4nc(-c5ccc(-c6ccccc6)cc5)nc(-c5ccc6c(c5)oc5ccccc56)n4)c3)cc2)cc1.c1ccc(-c2ccc(-c3nc(-c4ccc(-c5cccc(-c6ccccc6)c5)cc4)nc(-c4ccc5c(c4)oc4ccccc45)n3)cc2)cc1.c1ccc(-c2ccc(-c3nc(-c4cccc(-c5cccc(-c6ccccc6)c5)c4)nc(-c4ccc5c(c4)oc4ccccc45)n3)cc2)cc1. The number of nitrogens with zero attached hydrogens (tertiary/aromatic N) is 9. The van der Waals surface area contributed by atoms with Gasteiger partial charge in [-0.15, -0.1) is 0 Å². The Morgan fingerprint density at radius 1 is 0.0884 bits per heavy atom. The number of furan rings is 3. The molecular weight excluding hydrogens is 1800 g/mol. The van der Waals surface area contributed by atoms with Crippen LogP contribution in [0.1, 0.15) is 0 Å². The van der Waals surface area contributed by atoms with Gasteiger partial charge in [0.15, 0.2) is 52.4 Å². The third-order valence-electron chi connectivity index (χ3n) is 26.9. The van der Waals surface area contributed by atoms with E-state index in [2.05, 4.69) is 419 Å². The second kappa shape index (κ2) is 39.6. The van der Waals surface area contributed by atoms with E-state index in [4.69, 9.17) is 58.1 Å². The van der Waals surface area contributed by atoms with Crippen LogP contribution >= 0.6 is 0 Å². The molecule has 690 valence electrons. The lowest BCUT2D eigenvalue weighted by Gasteiger charge is -2.11. The van der Waals surface area contributed by atoms with Gasteiger partial charge in [-0.05, 0) is 179 Å². The largest absolute Gasteiger partial charge is 0.456 e. The van der Waals surface area contributed by atoms with Crippen LogP contribution in [0.5, 0.6) is 0 Å². The summed E-state index contributed by atoms with van der Waals surface area (Å²) in [5.74, 6) is 5.44. The number of hydrogen-bond acceptors (Lipinski definition) is 12. The second-order valence-corrected chi connectivity index (χ2v) is 36.3. The molecule has 12 nitrogen and oxygen atoms in total. The van der Waals surface area contributed by atoms with Gasteiger partial charge in [0.1, 0.15) is 33.5 Å². The van der Waals surface area contributed by atoms with Crippen molar-refractivity contribution in [2.24, 2.45) is 0 Å². The molecule has 0 atom stereocenters. The standard InChI is InChI=1S/3C45H29N3O/c1-3-11-30(12-4-1)32-21-23-33(24-22-32)43-46-44(48-45(47-43)38-25-26-40-39-19-7-8-20-41(39)49-42(40)29-38)37-18-10-17-36(28-37)35-16-9-15-34(27-35)31-13-5-2-6-14-31;1-3-10-30(11-4-1)32-18-22-34(23-19-32)43-46-44(48-45(47-43)38-26-27-40-39-16-7-8-17-41(39)49-42(40)29-38)35-24-20-33(21-25-35)37-15-9-14-36(28-37)31-12-5-2-6-13-31;1-3-10-30(11-4-1)32-18-20-34(21-19-32)36-14-9-15-37(28-36)44-46-43(35-24-22-33(23-25-35)31-12-5-2-6-13-31)47-45(48-44)38-26-27-40-39-16-7-8-17-41(39)49-42(40)29-38/h3*1-29H. The summed E-state index contributed by atoms with van der Waals surface area (Å²) in [4.78, 5) is 45.3. The molecule has 0 aliphatic carbocycles. The molecule has 27 aromatic rings. The third kappa shape index (κ3) is 18.7. The Labute approximate surface area is 848 Å². The molecule has 0 radical (unpaired) electrons. The minimum absolute atomic E-state index is 0.589. The number of benzene rings is 21. The van der Waals surface area contributed by atoms with Crippen molar-refractivity contribution in [1.29, 1.82) is 0 Å². The van der Waals surface area contributed by atoms with E-state index in [-0.39, 0.29) is 0 Å². The summed E-state index contributed by atoms with van der Waals surface area (Å²) in [5.41, 5.74) is 33.9. The molecule has 0 bridgehead atoms. The Hall–Kier alpha value is -20.0. The minimum Gasteiger partial charge on any atom is -0.456 e. The van der Waals surface area contributed by atoms with Crippen molar-refractivity contribution in [2.75, 3.05) is 0 Å². The first-order valence-corrected chi connectivity index (χ1v) is 49.1. The molecule has 6 aromatic heterocycles. The second-order valence-electron chi connectivity index (χ2n) is 36.3. The summed E-state index contributed by atoms with van der Waals surface area (Å²) in [5, 5.41) is 6.47. The maximum Gasteiger partial charge on any atom is 0.164 e. The van der Waals surface area contributed by atoms with Crippen molar-refractivity contribution in [2.45, 2.75) is 0 Å². The van der Waals surface area contributed by atoms with Gasteiger partial charge < -0.3 is 13.3 Å². The van der Waals surface area contributed by atoms with Crippen LogP contribution in [-0.4, -0.2) is 44.9 Å². The molecule has 0 aliphatic heterocycles. The lowest BCUT2D eigenvalue weighted by Crippen LogP contribution is -2.00. The fourth-order valence-corrected chi connectivity index (χ4v) is 19.2. The van der Waals surface area contributed by atoms with Crippen LogP contribution in [0.2, 0.25) is 0 Å². The van der Waals surface area contributed by atoms with Gasteiger partial charge in [0.05, 0.1) is 0 Å². The highest BCUT2D eigenvalue weighted by atomic mass is 16.3. The molecule has 0 spiro atoms. The Morgan fingerprint density at radius 3 is 0.456 bits per heavy atom. The van der Waals surface area contributed by atoms with Crippen molar-refractivity contribution in [3.63, 3.8) is 0 Å². The summed E-state index contributed by atoms with van der Waals surface area (Å²) < 4.78 is 18.7. The van der Waals surface area contributed by atoms with Crippen LogP contribution in [0, 0.1) is 0 Å². The average molecular weight is 1880 g/mol. The van der Waals surface area contributed by atoms with Crippen molar-refractivity contribution in [3.8, 4) is 203 Å². The zero-order chi connectivity index (χ0) is 97.7. The fraction of sp³-hybridized carbons (Fsp3) is 0. The number of rotatable bonds is 18. The maximum absolute atomic E-state index is 6.23. The van der Waals surface area contributed by atoms with Gasteiger partial charge in [0.25, 0.3) is 0 Å². The molecule has 21 aromatic carbocycles. The van der Waals surface area contributed by atoms with Crippen LogP contribution in [0.15, 0.2) is 541 Å². The summed E-state index contributed by atoms with van der Waals surface area (Å²) in [6, 6.07) is 182. The molecule has 27 rings (SSSR count). The Morgan fingerprint density at radius 2 is 0.224 bits per heavy atom. The van der Waals surface area contributed by atoms with Crippen molar-refractivity contribution in [3.05, 3.63) is 528 Å². The predicted octanol–water partition coefficient (Wildman–Crippen LogP) is 35.3. The molecule has 147 heavy (non-hydrogen) atoms. The van der Waals surface area contributed by atoms with E-state index >= 15 is 0 Å². The molecule has 0 N–H and O–H groups in total.